The fourth-order valence-electron chi connectivity index (χ4n) is 3.07. The van der Waals surface area contributed by atoms with Crippen molar-refractivity contribution in [3.8, 4) is 33.9 Å². The lowest BCUT2D eigenvalue weighted by Gasteiger charge is -2.14. The van der Waals surface area contributed by atoms with Gasteiger partial charge in [0, 0.05) is 18.0 Å². The molecule has 2 heterocycles. The summed E-state index contributed by atoms with van der Waals surface area (Å²) in [6, 6.07) is 22.7. The first-order valence-electron chi connectivity index (χ1n) is 9.00. The molecule has 0 saturated carbocycles. The highest BCUT2D eigenvalue weighted by Crippen LogP contribution is 2.33. The summed E-state index contributed by atoms with van der Waals surface area (Å²) in [6.45, 7) is 0. The van der Waals surface area contributed by atoms with Crippen LogP contribution in [-0.2, 0) is 0 Å². The van der Waals surface area contributed by atoms with Crippen molar-refractivity contribution in [1.82, 2.24) is 9.97 Å². The molecule has 0 saturated heterocycles. The molecule has 6 nitrogen and oxygen atoms in total. The summed E-state index contributed by atoms with van der Waals surface area (Å²) in [5.41, 5.74) is 15.5. The number of nitrogens with one attached hydrogen (secondary N) is 1. The number of aromatic nitrogens is 2. The van der Waals surface area contributed by atoms with Gasteiger partial charge >= 0.3 is 0 Å². The van der Waals surface area contributed by atoms with Gasteiger partial charge in [0.1, 0.15) is 23.2 Å². The molecule has 2 aromatic carbocycles. The van der Waals surface area contributed by atoms with Crippen molar-refractivity contribution in [3.63, 3.8) is 0 Å². The molecule has 0 aliphatic carbocycles. The number of rotatable bonds is 5. The van der Waals surface area contributed by atoms with E-state index in [0.717, 1.165) is 22.4 Å². The Kier molecular flexibility index (Phi) is 4.90. The predicted octanol–water partition coefficient (Wildman–Crippen LogP) is 4.47. The van der Waals surface area contributed by atoms with Gasteiger partial charge in [0.2, 0.25) is 0 Å². The number of nitrogen functional groups attached to an aromatic ring is 2. The van der Waals surface area contributed by atoms with E-state index in [1.165, 1.54) is 0 Å². The van der Waals surface area contributed by atoms with Gasteiger partial charge in [0.15, 0.2) is 0 Å². The number of anilines is 1. The van der Waals surface area contributed by atoms with Crippen molar-refractivity contribution in [2.45, 2.75) is 0 Å². The van der Waals surface area contributed by atoms with E-state index < -0.39 is 0 Å². The van der Waals surface area contributed by atoms with Crippen LogP contribution in [0.3, 0.4) is 0 Å². The Labute approximate surface area is 168 Å². The zero-order chi connectivity index (χ0) is 20.2. The van der Waals surface area contributed by atoms with Crippen LogP contribution in [0, 0.1) is 5.41 Å². The molecule has 142 valence electrons. The van der Waals surface area contributed by atoms with Crippen molar-refractivity contribution < 1.29 is 4.74 Å². The number of benzene rings is 2. The van der Waals surface area contributed by atoms with Crippen LogP contribution in [0.2, 0.25) is 0 Å². The number of nitrogens with zero attached hydrogens (tertiary/aromatic N) is 2. The normalized spacial score (nSPS) is 10.5. The quantitative estimate of drug-likeness (QED) is 0.349. The second kappa shape index (κ2) is 7.82. The standard InChI is InChI=1S/C23H19N5O/c24-22(25)21-19(14-20(28-23(21)26)16-10-12-27-13-11-16)15-6-8-18(9-7-15)29-17-4-2-1-3-5-17/h1-14H,(H3,24,25)(H2,26,28). The molecule has 0 atom stereocenters. The molecule has 0 spiro atoms. The van der Waals surface area contributed by atoms with Crippen molar-refractivity contribution in [2.75, 3.05) is 5.73 Å². The van der Waals surface area contributed by atoms with Gasteiger partial charge in [-0.3, -0.25) is 10.4 Å². The lowest BCUT2D eigenvalue weighted by molar-refractivity contribution is 0.483. The van der Waals surface area contributed by atoms with Gasteiger partial charge in [-0.05, 0) is 53.6 Å². The zero-order valence-electron chi connectivity index (χ0n) is 15.5. The topological polar surface area (TPSA) is 111 Å². The molecule has 0 bridgehead atoms. The number of hydrogen-bond acceptors (Lipinski definition) is 5. The first-order chi connectivity index (χ1) is 14.1. The average Bonchev–Trinajstić information content (AvgIpc) is 2.75. The Hall–Kier alpha value is -4.19. The lowest BCUT2D eigenvalue weighted by atomic mass is 9.97. The average molecular weight is 381 g/mol. The summed E-state index contributed by atoms with van der Waals surface area (Å²) >= 11 is 0. The molecule has 0 radical (unpaired) electrons. The van der Waals surface area contributed by atoms with Crippen LogP contribution < -0.4 is 16.2 Å². The van der Waals surface area contributed by atoms with Crippen LogP contribution in [0.25, 0.3) is 22.4 Å². The third-order valence-corrected chi connectivity index (χ3v) is 4.44. The van der Waals surface area contributed by atoms with Crippen molar-refractivity contribution in [1.29, 1.82) is 5.41 Å². The minimum Gasteiger partial charge on any atom is -0.457 e. The van der Waals surface area contributed by atoms with Gasteiger partial charge in [-0.2, -0.15) is 0 Å². The molecule has 6 heteroatoms. The number of ether oxygens (including phenoxy) is 1. The van der Waals surface area contributed by atoms with E-state index in [1.807, 2.05) is 72.8 Å². The highest BCUT2D eigenvalue weighted by molar-refractivity contribution is 6.06. The fraction of sp³-hybridized carbons (Fsp3) is 0. The van der Waals surface area contributed by atoms with Gasteiger partial charge in [-0.25, -0.2) is 4.98 Å². The minimum absolute atomic E-state index is 0.129. The summed E-state index contributed by atoms with van der Waals surface area (Å²) in [4.78, 5) is 8.47. The molecule has 4 aromatic rings. The maximum atomic E-state index is 7.96. The number of amidine groups is 1. The monoisotopic (exact) mass is 381 g/mol. The van der Waals surface area contributed by atoms with Crippen molar-refractivity contribution in [3.05, 3.63) is 90.8 Å². The molecular formula is C23H19N5O. The van der Waals surface area contributed by atoms with Crippen LogP contribution >= 0.6 is 0 Å². The first-order valence-corrected chi connectivity index (χ1v) is 9.00. The molecule has 0 aliphatic heterocycles. The summed E-state index contributed by atoms with van der Waals surface area (Å²) in [5.74, 6) is 1.56. The summed E-state index contributed by atoms with van der Waals surface area (Å²) in [5, 5.41) is 7.96. The summed E-state index contributed by atoms with van der Waals surface area (Å²) in [6.07, 6.45) is 3.39. The van der Waals surface area contributed by atoms with Gasteiger partial charge in [0.25, 0.3) is 0 Å². The molecular weight excluding hydrogens is 362 g/mol. The van der Waals surface area contributed by atoms with Gasteiger partial charge < -0.3 is 16.2 Å². The first kappa shape index (κ1) is 18.2. The largest absolute Gasteiger partial charge is 0.457 e. The molecule has 0 fully saturated rings. The second-order valence-electron chi connectivity index (χ2n) is 6.40. The highest BCUT2D eigenvalue weighted by atomic mass is 16.5. The second-order valence-corrected chi connectivity index (χ2v) is 6.40. The zero-order valence-corrected chi connectivity index (χ0v) is 15.5. The summed E-state index contributed by atoms with van der Waals surface area (Å²) < 4.78 is 5.85. The van der Waals surface area contributed by atoms with Crippen LogP contribution in [0.15, 0.2) is 85.2 Å². The van der Waals surface area contributed by atoms with Gasteiger partial charge in [-0.15, -0.1) is 0 Å². The number of nitrogens with two attached hydrogens (primary N) is 2. The minimum atomic E-state index is -0.129. The molecule has 4 rings (SSSR count). The maximum Gasteiger partial charge on any atom is 0.135 e. The van der Waals surface area contributed by atoms with E-state index >= 15 is 0 Å². The molecule has 0 amide bonds. The van der Waals surface area contributed by atoms with Crippen LogP contribution in [0.4, 0.5) is 5.82 Å². The Morgan fingerprint density at radius 3 is 2.14 bits per heavy atom. The van der Waals surface area contributed by atoms with Crippen LogP contribution in [-0.4, -0.2) is 15.8 Å². The molecule has 2 aromatic heterocycles. The Balaban J connectivity index is 1.75. The van der Waals surface area contributed by atoms with Crippen LogP contribution in [0.1, 0.15) is 5.56 Å². The number of hydrogen-bond donors (Lipinski definition) is 3. The van der Waals surface area contributed by atoms with E-state index in [-0.39, 0.29) is 11.7 Å². The Morgan fingerprint density at radius 1 is 0.828 bits per heavy atom. The van der Waals surface area contributed by atoms with E-state index in [9.17, 15) is 0 Å². The molecule has 0 aliphatic rings. The smallest absolute Gasteiger partial charge is 0.135 e. The van der Waals surface area contributed by atoms with Crippen LogP contribution in [0.5, 0.6) is 11.5 Å². The van der Waals surface area contributed by atoms with Crippen molar-refractivity contribution in [2.24, 2.45) is 5.73 Å². The fourth-order valence-corrected chi connectivity index (χ4v) is 3.07. The van der Waals surface area contributed by atoms with Crippen molar-refractivity contribution >= 4 is 11.7 Å². The van der Waals surface area contributed by atoms with E-state index in [0.29, 0.717) is 17.0 Å². The molecule has 29 heavy (non-hydrogen) atoms. The van der Waals surface area contributed by atoms with E-state index in [4.69, 9.17) is 21.6 Å². The van der Waals surface area contributed by atoms with Gasteiger partial charge in [-0.1, -0.05) is 30.3 Å². The molecule has 0 unspecified atom stereocenters. The highest BCUT2D eigenvalue weighted by Gasteiger charge is 2.16. The summed E-state index contributed by atoms with van der Waals surface area (Å²) in [7, 11) is 0. The third kappa shape index (κ3) is 3.91. The van der Waals surface area contributed by atoms with Gasteiger partial charge in [0.05, 0.1) is 11.3 Å². The maximum absolute atomic E-state index is 7.96. The SMILES string of the molecule is N=C(N)c1c(-c2ccc(Oc3ccccc3)cc2)cc(-c2ccncc2)nc1N. The Morgan fingerprint density at radius 2 is 1.48 bits per heavy atom. The van der Waals surface area contributed by atoms with E-state index in [1.54, 1.807) is 12.4 Å². The lowest BCUT2D eigenvalue weighted by Crippen LogP contribution is -2.16. The third-order valence-electron chi connectivity index (χ3n) is 4.44. The predicted molar refractivity (Wildman–Crippen MR) is 115 cm³/mol. The number of para-hydroxylation sites is 1. The Bertz CT molecular complexity index is 1140. The molecule has 5 N–H and O–H groups in total. The van der Waals surface area contributed by atoms with E-state index in [2.05, 4.69) is 9.97 Å². The number of pyridine rings is 2.